The molecule has 1 nitrogen and oxygen atoms in total. The van der Waals surface area contributed by atoms with E-state index in [1.165, 1.54) is 0 Å². The van der Waals surface area contributed by atoms with Gasteiger partial charge in [-0.2, -0.15) is 0 Å². The highest BCUT2D eigenvalue weighted by Crippen LogP contribution is 1.99. The maximum Gasteiger partial charge on any atom is 0.0722 e. The zero-order chi connectivity index (χ0) is 7.94. The molecule has 0 aliphatic rings. The van der Waals surface area contributed by atoms with Crippen molar-refractivity contribution >= 4 is 0 Å². The van der Waals surface area contributed by atoms with Crippen molar-refractivity contribution in [3.05, 3.63) is 35.9 Å². The van der Waals surface area contributed by atoms with Gasteiger partial charge in [0.15, 0.2) is 0 Å². The van der Waals surface area contributed by atoms with Crippen molar-refractivity contribution in [2.24, 2.45) is 0 Å². The number of rotatable bonds is 4. The fourth-order valence-corrected chi connectivity index (χ4v) is 0.847. The van der Waals surface area contributed by atoms with E-state index in [-0.39, 0.29) is 0 Å². The molecule has 0 saturated heterocycles. The minimum Gasteiger partial charge on any atom is -0.377 e. The average molecular weight is 149 g/mol. The predicted molar refractivity (Wildman–Crippen MR) is 45.2 cm³/mol. The van der Waals surface area contributed by atoms with Crippen molar-refractivity contribution in [1.29, 1.82) is 0 Å². The molecule has 0 bridgehead atoms. The summed E-state index contributed by atoms with van der Waals surface area (Å²) >= 11 is 0. The normalized spacial score (nSPS) is 9.91. The lowest BCUT2D eigenvalue weighted by Crippen LogP contribution is -1.93. The van der Waals surface area contributed by atoms with Crippen molar-refractivity contribution in [3.63, 3.8) is 0 Å². The van der Waals surface area contributed by atoms with Crippen LogP contribution >= 0.6 is 0 Å². The Bertz CT molecular complexity index is 181. The lowest BCUT2D eigenvalue weighted by atomic mass is 10.2. The Kier molecular flexibility index (Phi) is 3.70. The first-order valence-electron chi connectivity index (χ1n) is 3.97. The molecule has 0 aliphatic carbocycles. The summed E-state index contributed by atoms with van der Waals surface area (Å²) in [6.45, 7) is 3.63. The van der Waals surface area contributed by atoms with Crippen molar-refractivity contribution in [1.82, 2.24) is 0 Å². The van der Waals surface area contributed by atoms with Gasteiger partial charge in [0.1, 0.15) is 0 Å². The van der Waals surface area contributed by atoms with Crippen LogP contribution in [0.3, 0.4) is 0 Å². The van der Waals surface area contributed by atoms with E-state index in [9.17, 15) is 0 Å². The standard InChI is InChI=1S/C10H13O/c1-2-8-11-9-10-6-4-3-5-7-10/h3-6H,2,8-9H2,1H3. The average Bonchev–Trinajstić information content (AvgIpc) is 2.07. The van der Waals surface area contributed by atoms with Gasteiger partial charge >= 0.3 is 0 Å². The summed E-state index contributed by atoms with van der Waals surface area (Å²) < 4.78 is 5.34. The van der Waals surface area contributed by atoms with Gasteiger partial charge in [-0.25, -0.2) is 0 Å². The fraction of sp³-hybridized carbons (Fsp3) is 0.400. The van der Waals surface area contributed by atoms with Crippen molar-refractivity contribution in [2.75, 3.05) is 6.61 Å². The molecule has 59 valence electrons. The number of hydrogen-bond acceptors (Lipinski definition) is 1. The van der Waals surface area contributed by atoms with E-state index in [0.29, 0.717) is 6.61 Å². The Morgan fingerprint density at radius 3 is 3.00 bits per heavy atom. The second-order valence-corrected chi connectivity index (χ2v) is 2.44. The highest BCUT2D eigenvalue weighted by atomic mass is 16.5. The van der Waals surface area contributed by atoms with Crippen molar-refractivity contribution < 1.29 is 4.74 Å². The van der Waals surface area contributed by atoms with Gasteiger partial charge in [-0.15, -0.1) is 0 Å². The van der Waals surface area contributed by atoms with Crippen LogP contribution in [0.1, 0.15) is 18.9 Å². The van der Waals surface area contributed by atoms with E-state index in [1.807, 2.05) is 24.3 Å². The molecule has 0 saturated carbocycles. The van der Waals surface area contributed by atoms with Crippen LogP contribution in [0.25, 0.3) is 0 Å². The molecule has 1 heteroatoms. The van der Waals surface area contributed by atoms with Crippen LogP contribution in [0.15, 0.2) is 24.3 Å². The van der Waals surface area contributed by atoms with Crippen molar-refractivity contribution in [2.45, 2.75) is 20.0 Å². The van der Waals surface area contributed by atoms with Gasteiger partial charge < -0.3 is 4.74 Å². The maximum atomic E-state index is 5.34. The van der Waals surface area contributed by atoms with Gasteiger partial charge in [0.25, 0.3) is 0 Å². The molecule has 0 heterocycles. The zero-order valence-electron chi connectivity index (χ0n) is 6.84. The summed E-state index contributed by atoms with van der Waals surface area (Å²) in [5.74, 6) is 0. The Morgan fingerprint density at radius 2 is 2.36 bits per heavy atom. The van der Waals surface area contributed by atoms with Gasteiger partial charge in [-0.05, 0) is 18.1 Å². The van der Waals surface area contributed by atoms with E-state index >= 15 is 0 Å². The van der Waals surface area contributed by atoms with E-state index in [4.69, 9.17) is 4.74 Å². The van der Waals surface area contributed by atoms with Crippen LogP contribution in [-0.4, -0.2) is 6.61 Å². The molecule has 0 aliphatic heterocycles. The third-order valence-electron chi connectivity index (χ3n) is 1.38. The van der Waals surface area contributed by atoms with E-state index in [1.54, 1.807) is 0 Å². The van der Waals surface area contributed by atoms with Gasteiger partial charge in [0.05, 0.1) is 6.61 Å². The third kappa shape index (κ3) is 3.19. The third-order valence-corrected chi connectivity index (χ3v) is 1.38. The molecule has 0 aromatic heterocycles. The minimum absolute atomic E-state index is 0.689. The molecule has 1 aromatic rings. The van der Waals surface area contributed by atoms with E-state index in [0.717, 1.165) is 18.6 Å². The van der Waals surface area contributed by atoms with Crippen LogP contribution in [0.4, 0.5) is 0 Å². The SMILES string of the molecule is CCCOCc1[c]cccc1. The number of benzene rings is 1. The topological polar surface area (TPSA) is 9.23 Å². The van der Waals surface area contributed by atoms with Crippen LogP contribution in [0.2, 0.25) is 0 Å². The molecule has 0 amide bonds. The van der Waals surface area contributed by atoms with Gasteiger partial charge in [-0.3, -0.25) is 0 Å². The largest absolute Gasteiger partial charge is 0.377 e. The molecule has 0 N–H and O–H groups in total. The van der Waals surface area contributed by atoms with Crippen LogP contribution in [0, 0.1) is 6.07 Å². The predicted octanol–water partition coefficient (Wildman–Crippen LogP) is 2.41. The second kappa shape index (κ2) is 4.91. The first-order valence-corrected chi connectivity index (χ1v) is 3.97. The molecular weight excluding hydrogens is 136 g/mol. The maximum absolute atomic E-state index is 5.34. The molecule has 1 radical (unpaired) electrons. The van der Waals surface area contributed by atoms with E-state index < -0.39 is 0 Å². The lowest BCUT2D eigenvalue weighted by molar-refractivity contribution is 0.121. The van der Waals surface area contributed by atoms with Gasteiger partial charge in [-0.1, -0.05) is 31.2 Å². The molecule has 1 rings (SSSR count). The fourth-order valence-electron chi connectivity index (χ4n) is 0.847. The Hall–Kier alpha value is -0.820. The smallest absolute Gasteiger partial charge is 0.0722 e. The molecule has 1 aromatic carbocycles. The summed E-state index contributed by atoms with van der Waals surface area (Å²) in [5.41, 5.74) is 1.13. The van der Waals surface area contributed by atoms with Crippen LogP contribution in [0.5, 0.6) is 0 Å². The molecule has 11 heavy (non-hydrogen) atoms. The molecule has 0 unspecified atom stereocenters. The van der Waals surface area contributed by atoms with Crippen LogP contribution in [-0.2, 0) is 11.3 Å². The molecular formula is C10H13O. The minimum atomic E-state index is 0.689. The van der Waals surface area contributed by atoms with Gasteiger partial charge in [0.2, 0.25) is 0 Å². The Labute approximate surface area is 68.0 Å². The number of ether oxygens (including phenoxy) is 1. The molecule has 0 fully saturated rings. The first kappa shape index (κ1) is 8.28. The molecule has 0 spiro atoms. The summed E-state index contributed by atoms with van der Waals surface area (Å²) in [5, 5.41) is 0. The zero-order valence-corrected chi connectivity index (χ0v) is 6.84. The first-order chi connectivity index (χ1) is 5.43. The summed E-state index contributed by atoms with van der Waals surface area (Å²) in [7, 11) is 0. The van der Waals surface area contributed by atoms with Crippen LogP contribution < -0.4 is 0 Å². The second-order valence-electron chi connectivity index (χ2n) is 2.44. The van der Waals surface area contributed by atoms with Crippen molar-refractivity contribution in [3.8, 4) is 0 Å². The Morgan fingerprint density at radius 1 is 1.45 bits per heavy atom. The van der Waals surface area contributed by atoms with E-state index in [2.05, 4.69) is 13.0 Å². The molecule has 0 atom stereocenters. The lowest BCUT2D eigenvalue weighted by Gasteiger charge is -2.00. The highest BCUT2D eigenvalue weighted by molar-refractivity contribution is 5.11. The monoisotopic (exact) mass is 149 g/mol. The number of hydrogen-bond donors (Lipinski definition) is 0. The quantitative estimate of drug-likeness (QED) is 0.597. The summed E-state index contributed by atoms with van der Waals surface area (Å²) in [4.78, 5) is 0. The van der Waals surface area contributed by atoms with Gasteiger partial charge in [0, 0.05) is 6.61 Å². The Balaban J connectivity index is 2.28. The highest BCUT2D eigenvalue weighted by Gasteiger charge is 1.89. The summed E-state index contributed by atoms with van der Waals surface area (Å²) in [6, 6.07) is 11.0. The summed E-state index contributed by atoms with van der Waals surface area (Å²) in [6.07, 6.45) is 1.08.